The molecule has 2 rings (SSSR count). The molecule has 3 nitrogen and oxygen atoms in total. The third kappa shape index (κ3) is 1.85. The normalized spacial score (nSPS) is 33.0. The van der Waals surface area contributed by atoms with Crippen LogP contribution in [-0.2, 0) is 9.53 Å². The van der Waals surface area contributed by atoms with E-state index in [0.29, 0.717) is 12.8 Å². The van der Waals surface area contributed by atoms with Gasteiger partial charge in [-0.3, -0.25) is 4.79 Å². The third-order valence-corrected chi connectivity index (χ3v) is 3.64. The molecule has 1 atom stereocenters. The molecular weight excluding hydrogens is 204 g/mol. The van der Waals surface area contributed by atoms with Crippen LogP contribution in [0, 0.1) is 5.41 Å². The minimum absolute atomic E-state index is 0.153. The number of carbonyl (C=O) groups is 1. The highest BCUT2D eigenvalue weighted by molar-refractivity contribution is 5.73. The van der Waals surface area contributed by atoms with E-state index in [1.807, 2.05) is 0 Å². The number of ether oxygens (including phenoxy) is 1. The Bertz CT molecular complexity index is 271. The second-order valence-corrected chi connectivity index (χ2v) is 4.61. The van der Waals surface area contributed by atoms with Crippen molar-refractivity contribution in [3.8, 4) is 0 Å². The van der Waals surface area contributed by atoms with Crippen molar-refractivity contribution >= 4 is 5.97 Å². The van der Waals surface area contributed by atoms with Crippen LogP contribution in [0.5, 0.6) is 0 Å². The van der Waals surface area contributed by atoms with Gasteiger partial charge in [-0.1, -0.05) is 0 Å². The van der Waals surface area contributed by atoms with Gasteiger partial charge < -0.3 is 10.5 Å². The topological polar surface area (TPSA) is 52.3 Å². The highest BCUT2D eigenvalue weighted by Gasteiger charge is 2.53. The largest absolute Gasteiger partial charge is 0.460 e. The van der Waals surface area contributed by atoms with Crippen molar-refractivity contribution < 1.29 is 18.3 Å². The third-order valence-electron chi connectivity index (χ3n) is 3.64. The van der Waals surface area contributed by atoms with Crippen LogP contribution < -0.4 is 5.73 Å². The molecule has 2 N–H and O–H groups in total. The Balaban J connectivity index is 2.11. The monoisotopic (exact) mass is 219 g/mol. The van der Waals surface area contributed by atoms with Crippen LogP contribution in [0.3, 0.4) is 0 Å². The molecule has 0 radical (unpaired) electrons. The van der Waals surface area contributed by atoms with E-state index in [-0.39, 0.29) is 37.9 Å². The van der Waals surface area contributed by atoms with Crippen LogP contribution >= 0.6 is 0 Å². The van der Waals surface area contributed by atoms with Crippen molar-refractivity contribution in [2.45, 2.75) is 44.1 Å². The van der Waals surface area contributed by atoms with E-state index < -0.39 is 11.3 Å². The first-order valence-corrected chi connectivity index (χ1v) is 5.25. The molecule has 15 heavy (non-hydrogen) atoms. The van der Waals surface area contributed by atoms with Gasteiger partial charge in [0.15, 0.2) is 0 Å². The van der Waals surface area contributed by atoms with Gasteiger partial charge in [0, 0.05) is 24.8 Å². The summed E-state index contributed by atoms with van der Waals surface area (Å²) in [6, 6.07) is 0. The number of halogens is 2. The molecule has 1 aliphatic carbocycles. The molecule has 2 aliphatic rings. The molecular formula is C10H15F2NO2. The van der Waals surface area contributed by atoms with Crippen LogP contribution in [0.2, 0.25) is 0 Å². The van der Waals surface area contributed by atoms with Gasteiger partial charge in [-0.05, 0) is 12.8 Å². The summed E-state index contributed by atoms with van der Waals surface area (Å²) >= 11 is 0. The Morgan fingerprint density at radius 2 is 1.93 bits per heavy atom. The molecule has 0 aromatic carbocycles. The van der Waals surface area contributed by atoms with Crippen molar-refractivity contribution in [3.05, 3.63) is 0 Å². The average Bonchev–Trinajstić information content (AvgIpc) is 2.49. The molecule has 0 bridgehead atoms. The summed E-state index contributed by atoms with van der Waals surface area (Å²) in [5.41, 5.74) is 5.10. The summed E-state index contributed by atoms with van der Waals surface area (Å²) in [6.07, 6.45) is 0.271. The van der Waals surface area contributed by atoms with E-state index in [2.05, 4.69) is 0 Å². The van der Waals surface area contributed by atoms with E-state index >= 15 is 0 Å². The Morgan fingerprint density at radius 3 is 2.47 bits per heavy atom. The molecule has 2 fully saturated rings. The van der Waals surface area contributed by atoms with Crippen molar-refractivity contribution in [2.75, 3.05) is 6.54 Å². The van der Waals surface area contributed by atoms with Crippen LogP contribution in [0.1, 0.15) is 32.1 Å². The van der Waals surface area contributed by atoms with Gasteiger partial charge in [-0.15, -0.1) is 0 Å². The number of nitrogens with two attached hydrogens (primary N) is 1. The minimum atomic E-state index is -2.57. The van der Waals surface area contributed by atoms with Gasteiger partial charge in [0.2, 0.25) is 5.92 Å². The predicted octanol–water partition coefficient (Wildman–Crippen LogP) is 1.46. The first-order valence-electron chi connectivity index (χ1n) is 5.25. The maximum absolute atomic E-state index is 13.0. The molecule has 1 saturated heterocycles. The fourth-order valence-electron chi connectivity index (χ4n) is 2.64. The second-order valence-electron chi connectivity index (χ2n) is 4.61. The molecule has 1 heterocycles. The fourth-order valence-corrected chi connectivity index (χ4v) is 2.64. The van der Waals surface area contributed by atoms with Gasteiger partial charge in [0.05, 0.1) is 6.42 Å². The highest BCUT2D eigenvalue weighted by Crippen LogP contribution is 2.51. The standard InChI is InChI=1S/C10H15F2NO2/c11-10(12)3-1-9(2-4-10)5-8(14)15-7(9)6-13/h7H,1-6,13H2. The number of cyclic esters (lactones) is 1. The lowest BCUT2D eigenvalue weighted by Crippen LogP contribution is -2.42. The van der Waals surface area contributed by atoms with Crippen LogP contribution in [0.25, 0.3) is 0 Å². The van der Waals surface area contributed by atoms with E-state index in [1.165, 1.54) is 0 Å². The summed E-state index contributed by atoms with van der Waals surface area (Å²) in [5, 5.41) is 0. The van der Waals surface area contributed by atoms with E-state index in [9.17, 15) is 13.6 Å². The fraction of sp³-hybridized carbons (Fsp3) is 0.900. The number of alkyl halides is 2. The maximum atomic E-state index is 13.0. The Kier molecular flexibility index (Phi) is 2.45. The predicted molar refractivity (Wildman–Crippen MR) is 49.4 cm³/mol. The zero-order valence-corrected chi connectivity index (χ0v) is 8.47. The number of rotatable bonds is 1. The maximum Gasteiger partial charge on any atom is 0.306 e. The molecule has 0 amide bonds. The van der Waals surface area contributed by atoms with Crippen LogP contribution in [0.15, 0.2) is 0 Å². The van der Waals surface area contributed by atoms with Crippen molar-refractivity contribution in [3.63, 3.8) is 0 Å². The molecule has 1 unspecified atom stereocenters. The Morgan fingerprint density at radius 1 is 1.33 bits per heavy atom. The van der Waals surface area contributed by atoms with E-state index in [1.54, 1.807) is 0 Å². The first-order chi connectivity index (χ1) is 6.97. The van der Waals surface area contributed by atoms with Crippen molar-refractivity contribution in [1.82, 2.24) is 0 Å². The van der Waals surface area contributed by atoms with Gasteiger partial charge in [0.1, 0.15) is 6.10 Å². The lowest BCUT2D eigenvalue weighted by molar-refractivity contribution is -0.141. The quantitative estimate of drug-likeness (QED) is 0.679. The average molecular weight is 219 g/mol. The molecule has 1 aliphatic heterocycles. The first kappa shape index (κ1) is 10.8. The van der Waals surface area contributed by atoms with Gasteiger partial charge in [-0.25, -0.2) is 8.78 Å². The number of esters is 1. The van der Waals surface area contributed by atoms with E-state index in [4.69, 9.17) is 10.5 Å². The summed E-state index contributed by atoms with van der Waals surface area (Å²) in [7, 11) is 0. The zero-order valence-electron chi connectivity index (χ0n) is 8.47. The lowest BCUT2D eigenvalue weighted by atomic mass is 9.68. The smallest absolute Gasteiger partial charge is 0.306 e. The highest BCUT2D eigenvalue weighted by atomic mass is 19.3. The number of hydrogen-bond acceptors (Lipinski definition) is 3. The van der Waals surface area contributed by atoms with Crippen molar-refractivity contribution in [1.29, 1.82) is 0 Å². The van der Waals surface area contributed by atoms with Crippen molar-refractivity contribution in [2.24, 2.45) is 11.1 Å². The second kappa shape index (κ2) is 3.40. The van der Waals surface area contributed by atoms with Gasteiger partial charge >= 0.3 is 5.97 Å². The SMILES string of the molecule is NCC1OC(=O)CC12CCC(F)(F)CC2. The summed E-state index contributed by atoms with van der Waals surface area (Å²) in [5.74, 6) is -2.87. The summed E-state index contributed by atoms with van der Waals surface area (Å²) in [6.45, 7) is 0.233. The molecule has 86 valence electrons. The van der Waals surface area contributed by atoms with E-state index in [0.717, 1.165) is 0 Å². The van der Waals surface area contributed by atoms with Gasteiger partial charge in [0.25, 0.3) is 0 Å². The summed E-state index contributed by atoms with van der Waals surface area (Å²) < 4.78 is 31.1. The molecule has 0 aromatic rings. The Labute approximate surface area is 87.0 Å². The van der Waals surface area contributed by atoms with Gasteiger partial charge in [-0.2, -0.15) is 0 Å². The zero-order chi connectivity index (χ0) is 11.1. The molecule has 1 spiro atoms. The molecule has 1 saturated carbocycles. The minimum Gasteiger partial charge on any atom is -0.460 e. The molecule has 5 heteroatoms. The van der Waals surface area contributed by atoms with Crippen LogP contribution in [0.4, 0.5) is 8.78 Å². The number of carbonyl (C=O) groups excluding carboxylic acids is 1. The lowest BCUT2D eigenvalue weighted by Gasteiger charge is -2.38. The Hall–Kier alpha value is -0.710. The van der Waals surface area contributed by atoms with Crippen LogP contribution in [-0.4, -0.2) is 24.5 Å². The molecule has 0 aromatic heterocycles. The number of hydrogen-bond donors (Lipinski definition) is 1. The summed E-state index contributed by atoms with van der Waals surface area (Å²) in [4.78, 5) is 11.2.